The first-order chi connectivity index (χ1) is 18.1. The summed E-state index contributed by atoms with van der Waals surface area (Å²) in [4.78, 5) is 31.6. The number of benzene rings is 2. The Morgan fingerprint density at radius 3 is 2.05 bits per heavy atom. The van der Waals surface area contributed by atoms with Gasteiger partial charge in [0.2, 0.25) is 11.8 Å². The molecule has 0 atom stereocenters. The fourth-order valence-corrected chi connectivity index (χ4v) is 4.99. The lowest BCUT2D eigenvalue weighted by atomic mass is 10.0. The average molecular weight is 496 g/mol. The second-order valence-electron chi connectivity index (χ2n) is 10.5. The smallest absolute Gasteiger partial charge is 0.242 e. The first-order valence-corrected chi connectivity index (χ1v) is 13.4. The fourth-order valence-electron chi connectivity index (χ4n) is 4.99. The van der Waals surface area contributed by atoms with Crippen LogP contribution in [0.3, 0.4) is 0 Å². The van der Waals surface area contributed by atoms with Crippen LogP contribution in [0.15, 0.2) is 66.7 Å². The van der Waals surface area contributed by atoms with Crippen molar-refractivity contribution in [2.75, 3.05) is 44.2 Å². The molecule has 2 saturated carbocycles. The van der Waals surface area contributed by atoms with Crippen molar-refractivity contribution >= 4 is 17.6 Å². The Hall–Kier alpha value is -3.74. The van der Waals surface area contributed by atoms with E-state index in [1.807, 2.05) is 40.1 Å². The molecule has 2 heterocycles. The summed E-state index contributed by atoms with van der Waals surface area (Å²) in [6, 6.07) is 22.7. The number of piperazine rings is 1. The Bertz CT molecular complexity index is 1230. The van der Waals surface area contributed by atoms with Crippen molar-refractivity contribution < 1.29 is 9.59 Å². The van der Waals surface area contributed by atoms with Crippen LogP contribution in [0.5, 0.6) is 0 Å². The van der Waals surface area contributed by atoms with E-state index in [2.05, 4.69) is 51.5 Å². The van der Waals surface area contributed by atoms with Gasteiger partial charge in [-0.2, -0.15) is 0 Å². The van der Waals surface area contributed by atoms with Gasteiger partial charge in [-0.3, -0.25) is 9.59 Å². The summed E-state index contributed by atoms with van der Waals surface area (Å²) in [5.74, 6) is 1.83. The molecule has 3 aromatic rings. The molecule has 2 amide bonds. The second kappa shape index (κ2) is 10.3. The summed E-state index contributed by atoms with van der Waals surface area (Å²) < 4.78 is 0. The van der Waals surface area contributed by atoms with E-state index in [0.29, 0.717) is 32.1 Å². The fraction of sp³-hybridized carbons (Fsp3) is 0.400. The van der Waals surface area contributed by atoms with Crippen LogP contribution in [-0.4, -0.2) is 71.1 Å². The predicted octanol–water partition coefficient (Wildman–Crippen LogP) is 4.11. The normalized spacial score (nSPS) is 17.5. The highest BCUT2D eigenvalue weighted by atomic mass is 16.2. The van der Waals surface area contributed by atoms with Crippen LogP contribution in [0.2, 0.25) is 0 Å². The Kier molecular flexibility index (Phi) is 6.60. The number of carbonyl (C=O) groups excluding carboxylic acids is 2. The molecule has 190 valence electrons. The monoisotopic (exact) mass is 495 g/mol. The minimum absolute atomic E-state index is 0.0645. The molecule has 3 fully saturated rings. The Balaban J connectivity index is 1.03. The summed E-state index contributed by atoms with van der Waals surface area (Å²) in [6.07, 6.45) is 4.32. The van der Waals surface area contributed by atoms with Crippen LogP contribution < -0.4 is 4.90 Å². The van der Waals surface area contributed by atoms with Crippen molar-refractivity contribution in [3.8, 4) is 22.4 Å². The highest BCUT2D eigenvalue weighted by molar-refractivity contribution is 5.87. The van der Waals surface area contributed by atoms with Crippen LogP contribution in [0.4, 0.5) is 5.82 Å². The minimum Gasteiger partial charge on any atom is -0.352 e. The lowest BCUT2D eigenvalue weighted by Gasteiger charge is -2.36. The zero-order valence-corrected chi connectivity index (χ0v) is 21.1. The van der Waals surface area contributed by atoms with Gasteiger partial charge in [0.25, 0.3) is 0 Å². The van der Waals surface area contributed by atoms with E-state index in [0.717, 1.165) is 36.5 Å². The van der Waals surface area contributed by atoms with E-state index in [4.69, 9.17) is 0 Å². The van der Waals surface area contributed by atoms with E-state index < -0.39 is 0 Å². The molecular formula is C30H33N5O2. The van der Waals surface area contributed by atoms with Crippen molar-refractivity contribution in [1.82, 2.24) is 20.0 Å². The van der Waals surface area contributed by atoms with E-state index in [1.54, 1.807) is 0 Å². The Morgan fingerprint density at radius 1 is 0.757 bits per heavy atom. The van der Waals surface area contributed by atoms with E-state index >= 15 is 0 Å². The first-order valence-electron chi connectivity index (χ1n) is 13.4. The van der Waals surface area contributed by atoms with Crippen molar-refractivity contribution in [3.63, 3.8) is 0 Å². The molecule has 1 aliphatic heterocycles. The van der Waals surface area contributed by atoms with Gasteiger partial charge in [-0.1, -0.05) is 54.6 Å². The highest BCUT2D eigenvalue weighted by Gasteiger charge is 2.37. The molecule has 1 saturated heterocycles. The number of aromatic nitrogens is 2. The van der Waals surface area contributed by atoms with Crippen LogP contribution in [0, 0.1) is 11.8 Å². The quantitative estimate of drug-likeness (QED) is 0.471. The van der Waals surface area contributed by atoms with E-state index in [-0.39, 0.29) is 24.3 Å². The van der Waals surface area contributed by atoms with Gasteiger partial charge in [-0.15, -0.1) is 10.2 Å². The molecule has 7 nitrogen and oxygen atoms in total. The average Bonchev–Trinajstić information content (AvgIpc) is 3.88. The van der Waals surface area contributed by atoms with Gasteiger partial charge in [0.05, 0.1) is 12.2 Å². The van der Waals surface area contributed by atoms with E-state index in [1.165, 1.54) is 24.0 Å². The third-order valence-corrected chi connectivity index (χ3v) is 7.63. The number of hydrogen-bond acceptors (Lipinski definition) is 5. The maximum atomic E-state index is 13.0. The number of hydrogen-bond donors (Lipinski definition) is 0. The van der Waals surface area contributed by atoms with Gasteiger partial charge in [0.15, 0.2) is 5.82 Å². The first kappa shape index (κ1) is 23.6. The van der Waals surface area contributed by atoms with Crippen LogP contribution in [-0.2, 0) is 9.59 Å². The molecule has 0 bridgehead atoms. The van der Waals surface area contributed by atoms with Crippen molar-refractivity contribution in [3.05, 3.63) is 66.7 Å². The molecule has 2 aromatic carbocycles. The van der Waals surface area contributed by atoms with Gasteiger partial charge in [0, 0.05) is 44.2 Å². The van der Waals surface area contributed by atoms with E-state index in [9.17, 15) is 9.59 Å². The molecular weight excluding hydrogens is 462 g/mol. The maximum Gasteiger partial charge on any atom is 0.242 e. The number of anilines is 1. The van der Waals surface area contributed by atoms with Gasteiger partial charge in [-0.25, -0.2) is 0 Å². The topological polar surface area (TPSA) is 69.6 Å². The van der Waals surface area contributed by atoms with Crippen molar-refractivity contribution in [2.45, 2.75) is 25.7 Å². The number of nitrogens with zero attached hydrogens (tertiary/aromatic N) is 5. The zero-order valence-electron chi connectivity index (χ0n) is 21.1. The molecule has 0 N–H and O–H groups in total. The third kappa shape index (κ3) is 5.66. The lowest BCUT2D eigenvalue weighted by Crippen LogP contribution is -2.52. The predicted molar refractivity (Wildman–Crippen MR) is 144 cm³/mol. The highest BCUT2D eigenvalue weighted by Crippen LogP contribution is 2.34. The summed E-state index contributed by atoms with van der Waals surface area (Å²) >= 11 is 0. The Morgan fingerprint density at radius 2 is 1.43 bits per heavy atom. The molecule has 2 aliphatic carbocycles. The van der Waals surface area contributed by atoms with Crippen LogP contribution in [0.25, 0.3) is 22.4 Å². The lowest BCUT2D eigenvalue weighted by molar-refractivity contribution is -0.141. The van der Waals surface area contributed by atoms with Gasteiger partial charge < -0.3 is 14.7 Å². The van der Waals surface area contributed by atoms with Gasteiger partial charge in [-0.05, 0) is 54.9 Å². The number of amides is 2. The molecule has 0 spiro atoms. The largest absolute Gasteiger partial charge is 0.352 e. The van der Waals surface area contributed by atoms with Gasteiger partial charge in [0.1, 0.15) is 0 Å². The summed E-state index contributed by atoms with van der Waals surface area (Å²) in [7, 11) is 0. The molecule has 0 radical (unpaired) electrons. The van der Waals surface area contributed by atoms with Crippen LogP contribution in [0.1, 0.15) is 25.7 Å². The standard InChI is InChI=1S/C30H33N5O2/c36-29(21-35(20-22-6-7-22)30(37)26-12-13-26)34-18-16-33(17-19-34)28-15-14-27(31-32-28)25-10-8-24(9-11-25)23-4-2-1-3-5-23/h1-5,8-11,14-15,22,26H,6-7,12-13,16-21H2. The minimum atomic E-state index is 0.0645. The molecule has 7 heteroatoms. The maximum absolute atomic E-state index is 13.0. The van der Waals surface area contributed by atoms with Crippen molar-refractivity contribution in [2.24, 2.45) is 11.8 Å². The summed E-state index contributed by atoms with van der Waals surface area (Å²) in [5, 5.41) is 8.97. The summed E-state index contributed by atoms with van der Waals surface area (Å²) in [6.45, 7) is 3.67. The van der Waals surface area contributed by atoms with Crippen molar-refractivity contribution in [1.29, 1.82) is 0 Å². The molecule has 3 aliphatic rings. The van der Waals surface area contributed by atoms with Crippen LogP contribution >= 0.6 is 0 Å². The second-order valence-corrected chi connectivity index (χ2v) is 10.5. The van der Waals surface area contributed by atoms with Gasteiger partial charge >= 0.3 is 0 Å². The molecule has 1 aromatic heterocycles. The summed E-state index contributed by atoms with van der Waals surface area (Å²) in [5.41, 5.74) is 4.24. The molecule has 37 heavy (non-hydrogen) atoms. The number of rotatable bonds is 8. The number of carbonyl (C=O) groups is 2. The SMILES string of the molecule is O=C(CN(CC1CC1)C(=O)C1CC1)N1CCN(c2ccc(-c3ccc(-c4ccccc4)cc3)nn2)CC1. The molecule has 6 rings (SSSR count). The third-order valence-electron chi connectivity index (χ3n) is 7.63. The Labute approximate surface area is 218 Å². The zero-order chi connectivity index (χ0) is 25.2. The molecule has 0 unspecified atom stereocenters.